The molecule has 0 amide bonds. The van der Waals surface area contributed by atoms with Gasteiger partial charge in [-0.1, -0.05) is 13.0 Å². The zero-order valence-electron chi connectivity index (χ0n) is 16.5. The van der Waals surface area contributed by atoms with Crippen molar-refractivity contribution in [3.8, 4) is 22.6 Å². The normalized spacial score (nSPS) is 16.3. The predicted molar refractivity (Wildman–Crippen MR) is 104 cm³/mol. The maximum Gasteiger partial charge on any atom is 0.166 e. The Morgan fingerprint density at radius 3 is 2.64 bits per heavy atom. The molecular weight excluding hydrogens is 358 g/mol. The van der Waals surface area contributed by atoms with E-state index in [0.717, 1.165) is 28.9 Å². The van der Waals surface area contributed by atoms with E-state index in [0.29, 0.717) is 35.7 Å². The van der Waals surface area contributed by atoms with Crippen molar-refractivity contribution in [1.29, 1.82) is 0 Å². The SMILES string of the molecule is COCc1nn2c3c(cnc2c1-c1ccc(OC)c(OC)c1)C(=O)C[C@H](C)C3. The van der Waals surface area contributed by atoms with Gasteiger partial charge in [0.1, 0.15) is 0 Å². The van der Waals surface area contributed by atoms with E-state index in [2.05, 4.69) is 11.9 Å². The highest BCUT2D eigenvalue weighted by Crippen LogP contribution is 2.36. The average molecular weight is 381 g/mol. The van der Waals surface area contributed by atoms with Gasteiger partial charge in [0.25, 0.3) is 0 Å². The largest absolute Gasteiger partial charge is 0.493 e. The topological polar surface area (TPSA) is 75.0 Å². The number of carbonyl (C=O) groups is 1. The van der Waals surface area contributed by atoms with E-state index >= 15 is 0 Å². The maximum atomic E-state index is 12.4. The van der Waals surface area contributed by atoms with Crippen molar-refractivity contribution in [2.45, 2.75) is 26.4 Å². The number of rotatable bonds is 5. The smallest absolute Gasteiger partial charge is 0.166 e. The van der Waals surface area contributed by atoms with E-state index in [9.17, 15) is 4.79 Å². The molecule has 0 saturated carbocycles. The second-order valence-corrected chi connectivity index (χ2v) is 7.12. The summed E-state index contributed by atoms with van der Waals surface area (Å²) in [5.74, 6) is 1.69. The summed E-state index contributed by atoms with van der Waals surface area (Å²) in [4.78, 5) is 17.0. The van der Waals surface area contributed by atoms with Crippen molar-refractivity contribution >= 4 is 11.4 Å². The van der Waals surface area contributed by atoms with Crippen LogP contribution in [0.2, 0.25) is 0 Å². The Morgan fingerprint density at radius 2 is 1.93 bits per heavy atom. The van der Waals surface area contributed by atoms with E-state index in [4.69, 9.17) is 19.3 Å². The van der Waals surface area contributed by atoms with Crippen LogP contribution in [-0.2, 0) is 17.8 Å². The van der Waals surface area contributed by atoms with Crippen LogP contribution in [0.5, 0.6) is 11.5 Å². The van der Waals surface area contributed by atoms with Crippen molar-refractivity contribution in [3.63, 3.8) is 0 Å². The van der Waals surface area contributed by atoms with Crippen LogP contribution in [-0.4, -0.2) is 41.7 Å². The molecule has 1 atom stereocenters. The van der Waals surface area contributed by atoms with Gasteiger partial charge in [0.05, 0.1) is 43.3 Å². The van der Waals surface area contributed by atoms with E-state index < -0.39 is 0 Å². The molecule has 7 nitrogen and oxygen atoms in total. The Kier molecular flexibility index (Phi) is 4.77. The fraction of sp³-hybridized carbons (Fsp3) is 0.381. The average Bonchev–Trinajstić information content (AvgIpc) is 3.06. The van der Waals surface area contributed by atoms with Gasteiger partial charge in [-0.25, -0.2) is 9.50 Å². The zero-order chi connectivity index (χ0) is 19.8. The summed E-state index contributed by atoms with van der Waals surface area (Å²) < 4.78 is 18.0. The van der Waals surface area contributed by atoms with E-state index in [1.54, 1.807) is 27.5 Å². The first kappa shape index (κ1) is 18.4. The lowest BCUT2D eigenvalue weighted by atomic mass is 9.88. The molecule has 7 heteroatoms. The lowest BCUT2D eigenvalue weighted by molar-refractivity contribution is 0.0951. The fourth-order valence-corrected chi connectivity index (χ4v) is 3.86. The Labute approximate surface area is 163 Å². The van der Waals surface area contributed by atoms with Gasteiger partial charge in [0, 0.05) is 19.7 Å². The number of ketones is 1. The number of ether oxygens (including phenoxy) is 3. The van der Waals surface area contributed by atoms with Crippen LogP contribution in [0.1, 0.15) is 35.1 Å². The lowest BCUT2D eigenvalue weighted by Gasteiger charge is -2.20. The molecule has 1 aliphatic carbocycles. The zero-order valence-corrected chi connectivity index (χ0v) is 16.5. The van der Waals surface area contributed by atoms with Gasteiger partial charge in [-0.3, -0.25) is 4.79 Å². The van der Waals surface area contributed by atoms with Crippen molar-refractivity contribution in [2.75, 3.05) is 21.3 Å². The molecule has 0 fully saturated rings. The van der Waals surface area contributed by atoms with Crippen LogP contribution in [0, 0.1) is 5.92 Å². The van der Waals surface area contributed by atoms with E-state index in [-0.39, 0.29) is 11.7 Å². The maximum absolute atomic E-state index is 12.4. The number of nitrogens with zero attached hydrogens (tertiary/aromatic N) is 3. The molecular formula is C21H23N3O4. The highest BCUT2D eigenvalue weighted by Gasteiger charge is 2.28. The number of Topliss-reactive ketones (excluding diaryl/α,β-unsaturated/α-hetero) is 1. The summed E-state index contributed by atoms with van der Waals surface area (Å²) in [5.41, 5.74) is 4.83. The lowest BCUT2D eigenvalue weighted by Crippen LogP contribution is -2.21. The Balaban J connectivity index is 1.97. The predicted octanol–water partition coefficient (Wildman–Crippen LogP) is 3.32. The monoisotopic (exact) mass is 381 g/mol. The van der Waals surface area contributed by atoms with E-state index in [1.807, 2.05) is 22.7 Å². The number of carbonyl (C=O) groups excluding carboxylic acids is 1. The third-order valence-corrected chi connectivity index (χ3v) is 5.15. The molecule has 0 aliphatic heterocycles. The first-order valence-electron chi connectivity index (χ1n) is 9.21. The van der Waals surface area contributed by atoms with Gasteiger partial charge in [-0.2, -0.15) is 5.10 Å². The Bertz CT molecular complexity index is 1060. The quantitative estimate of drug-likeness (QED) is 0.675. The van der Waals surface area contributed by atoms with Crippen molar-refractivity contribution in [2.24, 2.45) is 5.92 Å². The molecule has 0 saturated heterocycles. The number of benzene rings is 1. The molecule has 0 unspecified atom stereocenters. The number of methoxy groups -OCH3 is 3. The summed E-state index contributed by atoms with van der Waals surface area (Å²) in [5, 5.41) is 4.76. The van der Waals surface area contributed by atoms with Gasteiger partial charge in [-0.15, -0.1) is 0 Å². The number of fused-ring (bicyclic) bond motifs is 3. The first-order chi connectivity index (χ1) is 13.6. The molecule has 2 heterocycles. The van der Waals surface area contributed by atoms with Gasteiger partial charge < -0.3 is 14.2 Å². The number of hydrogen-bond donors (Lipinski definition) is 0. The second kappa shape index (κ2) is 7.24. The summed E-state index contributed by atoms with van der Waals surface area (Å²) in [6.45, 7) is 2.42. The van der Waals surface area contributed by atoms with Gasteiger partial charge in [0.2, 0.25) is 0 Å². The minimum absolute atomic E-state index is 0.125. The second-order valence-electron chi connectivity index (χ2n) is 7.12. The molecule has 0 bridgehead atoms. The molecule has 0 radical (unpaired) electrons. The van der Waals surface area contributed by atoms with Gasteiger partial charge in [0.15, 0.2) is 22.9 Å². The van der Waals surface area contributed by atoms with Crippen LogP contribution in [0.25, 0.3) is 16.8 Å². The molecule has 3 aromatic rings. The molecule has 1 aromatic carbocycles. The van der Waals surface area contributed by atoms with Crippen molar-refractivity contribution < 1.29 is 19.0 Å². The summed E-state index contributed by atoms with van der Waals surface area (Å²) >= 11 is 0. The van der Waals surface area contributed by atoms with Gasteiger partial charge in [-0.05, 0) is 30.0 Å². The highest BCUT2D eigenvalue weighted by molar-refractivity contribution is 5.98. The van der Waals surface area contributed by atoms with Crippen molar-refractivity contribution in [3.05, 3.63) is 41.3 Å². The third-order valence-electron chi connectivity index (χ3n) is 5.15. The standard InChI is InChI=1S/C21H23N3O4/c1-12-7-16-14(17(25)8-12)10-22-21-20(15(11-26-2)23-24(16)21)13-5-6-18(27-3)19(9-13)28-4/h5-6,9-10,12H,7-8,11H2,1-4H3/t12-/m1/s1. The number of aromatic nitrogens is 3. The van der Waals surface area contributed by atoms with E-state index in [1.165, 1.54) is 0 Å². The molecule has 2 aromatic heterocycles. The van der Waals surface area contributed by atoms with Crippen molar-refractivity contribution in [1.82, 2.24) is 14.6 Å². The molecule has 4 rings (SSSR count). The molecule has 0 spiro atoms. The van der Waals surface area contributed by atoms with Gasteiger partial charge >= 0.3 is 0 Å². The minimum Gasteiger partial charge on any atom is -0.493 e. The highest BCUT2D eigenvalue weighted by atomic mass is 16.5. The molecule has 146 valence electrons. The minimum atomic E-state index is 0.125. The van der Waals surface area contributed by atoms with Crippen LogP contribution in [0.15, 0.2) is 24.4 Å². The molecule has 1 aliphatic rings. The fourth-order valence-electron chi connectivity index (χ4n) is 3.86. The van der Waals surface area contributed by atoms with Crippen LogP contribution < -0.4 is 9.47 Å². The summed E-state index contributed by atoms with van der Waals surface area (Å²) in [7, 11) is 4.85. The number of hydrogen-bond acceptors (Lipinski definition) is 6. The molecule has 0 N–H and O–H groups in total. The summed E-state index contributed by atoms with van der Waals surface area (Å²) in [6, 6.07) is 5.72. The molecule has 28 heavy (non-hydrogen) atoms. The Morgan fingerprint density at radius 1 is 1.14 bits per heavy atom. The Hall–Kier alpha value is -2.93. The first-order valence-corrected chi connectivity index (χ1v) is 9.21. The van der Waals surface area contributed by atoms with Crippen LogP contribution in [0.3, 0.4) is 0 Å². The van der Waals surface area contributed by atoms with Crippen LogP contribution >= 0.6 is 0 Å². The van der Waals surface area contributed by atoms with Crippen LogP contribution in [0.4, 0.5) is 0 Å². The summed E-state index contributed by atoms with van der Waals surface area (Å²) in [6.07, 6.45) is 3.02. The third kappa shape index (κ3) is 2.92.